The predicted octanol–water partition coefficient (Wildman–Crippen LogP) is -3.13. The van der Waals surface area contributed by atoms with Gasteiger partial charge in [0.2, 0.25) is 41.4 Å². The average Bonchev–Trinajstić information content (AvgIpc) is 2.52. The van der Waals surface area contributed by atoms with Crippen LogP contribution in [0.25, 0.3) is 0 Å². The SMILES string of the molecule is CC(=O)O.CC(=O)O.CC[C@@H](C)C[C@@H](C)CCCCCCCCC(=O)N[C@H]1C[C@@H](O)[C@@H](NCCN)NC(=O)[C@@H]2[C@@H](O)CCN2C(=O)[C@H]([C@H](O)CCN)NC(=O)[C@H]([C@@H](O)[C@H](O)c2ccc(O)cc2)NC(=O)[C@@H]2C[C@@H](O)CN2C(=O)[C@H]([C@@H](C)O)NC1=O. The van der Waals surface area contributed by atoms with E-state index in [1.54, 1.807) is 0 Å². The lowest BCUT2D eigenvalue weighted by molar-refractivity contribution is -0.148. The second-order valence-electron chi connectivity index (χ2n) is 22.3. The third-order valence-corrected chi connectivity index (χ3v) is 14.9. The molecule has 0 unspecified atom stereocenters. The van der Waals surface area contributed by atoms with Gasteiger partial charge in [0, 0.05) is 59.3 Å². The van der Waals surface area contributed by atoms with Crippen LogP contribution in [-0.4, -0.2) is 226 Å². The van der Waals surface area contributed by atoms with E-state index in [0.29, 0.717) is 24.7 Å². The molecule has 85 heavy (non-hydrogen) atoms. The van der Waals surface area contributed by atoms with Crippen molar-refractivity contribution in [3.63, 3.8) is 0 Å². The Labute approximate surface area is 496 Å². The first-order valence-electron chi connectivity index (χ1n) is 29.2. The van der Waals surface area contributed by atoms with Crippen LogP contribution in [0.3, 0.4) is 0 Å². The largest absolute Gasteiger partial charge is 0.508 e. The normalized spacial score (nSPS) is 26.5. The number of aliphatic carboxylic acids is 2. The van der Waals surface area contributed by atoms with Crippen molar-refractivity contribution in [3.8, 4) is 5.75 Å². The summed E-state index contributed by atoms with van der Waals surface area (Å²) in [6.45, 7) is 8.90. The maximum atomic E-state index is 14.6. The zero-order chi connectivity index (χ0) is 64.2. The Bertz CT molecular complexity index is 2270. The third kappa shape index (κ3) is 25.4. The number of phenols is 1. The molecule has 0 aromatic heterocycles. The highest BCUT2D eigenvalue weighted by atomic mass is 16.4. The number of amides is 7. The fourth-order valence-corrected chi connectivity index (χ4v) is 10.2. The van der Waals surface area contributed by atoms with Gasteiger partial charge in [-0.25, -0.2) is 0 Å². The number of carbonyl (C=O) groups excluding carboxylic acids is 7. The second-order valence-corrected chi connectivity index (χ2v) is 22.3. The fraction of sp³-hybridized carbons (Fsp3) is 0.732. The first-order valence-corrected chi connectivity index (χ1v) is 29.2. The van der Waals surface area contributed by atoms with Gasteiger partial charge in [0.05, 0.1) is 30.5 Å². The van der Waals surface area contributed by atoms with E-state index in [1.165, 1.54) is 30.7 Å². The number of carboxylic acids is 2. The molecular weight excluding hydrogens is 1120 g/mol. The smallest absolute Gasteiger partial charge is 0.300 e. The molecule has 0 spiro atoms. The van der Waals surface area contributed by atoms with Crippen LogP contribution in [0.1, 0.15) is 143 Å². The van der Waals surface area contributed by atoms with Gasteiger partial charge in [0.25, 0.3) is 11.9 Å². The molecule has 7 amide bonds. The molecule has 3 aliphatic rings. The summed E-state index contributed by atoms with van der Waals surface area (Å²) in [4.78, 5) is 120. The number of hydrogen-bond donors (Lipinski definition) is 18. The zero-order valence-electron chi connectivity index (χ0n) is 49.7. The standard InChI is InChI=1S/C52H88N10O15.2C2H4O2/c1-5-28(2)24-29(3)12-10-8-6-7-9-11-13-39(69)56-34-26-38(68)46(55-22-21-54)60-50(75)43-37(67)19-23-61(43)52(77)41(36(66)18-20-53)58-49(74)42(45(71)44(70)31-14-16-32(64)17-15-31)59-48(73)35-25-33(65)27-62(35)51(76)40(30(4)63)57-47(34)72;2*1-2(3)4/h14-17,28-30,33-38,40-46,55,63-68,70-71H,5-13,18-27,53-54H2,1-4H3,(H,56,69)(H,57,72)(H,58,74)(H,59,73)(H,60,75);2*1H3,(H,3,4)/t28-,29+,30-,33-,34+,35+,36-,37+,38-,40+,41+,42+,43+,44-,45-,46+;;/m1../s1. The summed E-state index contributed by atoms with van der Waals surface area (Å²) in [5.74, 6) is -8.10. The van der Waals surface area contributed by atoms with E-state index in [0.717, 1.165) is 69.1 Å². The highest BCUT2D eigenvalue weighted by Crippen LogP contribution is 2.27. The lowest BCUT2D eigenvalue weighted by Gasteiger charge is -2.35. The van der Waals surface area contributed by atoms with Gasteiger partial charge in [-0.3, -0.25) is 48.5 Å². The molecular formula is C56H96N10O19. The Morgan fingerprint density at radius 2 is 1.25 bits per heavy atom. The van der Waals surface area contributed by atoms with Crippen LogP contribution in [-0.2, 0) is 43.2 Å². The van der Waals surface area contributed by atoms with E-state index in [9.17, 15) is 74.4 Å². The van der Waals surface area contributed by atoms with Gasteiger partial charge in [-0.1, -0.05) is 77.8 Å². The molecule has 1 aromatic carbocycles. The molecule has 4 rings (SSSR count). The summed E-state index contributed by atoms with van der Waals surface area (Å²) in [5, 5.41) is 119. The quantitative estimate of drug-likeness (QED) is 0.0482. The predicted molar refractivity (Wildman–Crippen MR) is 307 cm³/mol. The number of benzene rings is 1. The van der Waals surface area contributed by atoms with Crippen LogP contribution in [0.4, 0.5) is 0 Å². The number of phenolic OH excluding ortho intramolecular Hbond substituents is 1. The van der Waals surface area contributed by atoms with Crippen molar-refractivity contribution in [2.75, 3.05) is 32.7 Å². The van der Waals surface area contributed by atoms with Gasteiger partial charge in [-0.2, -0.15) is 0 Å². The summed E-state index contributed by atoms with van der Waals surface area (Å²) in [7, 11) is 0. The maximum Gasteiger partial charge on any atom is 0.300 e. The van der Waals surface area contributed by atoms with Crippen molar-refractivity contribution in [2.45, 2.75) is 217 Å². The molecule has 0 saturated carbocycles. The van der Waals surface area contributed by atoms with Gasteiger partial charge >= 0.3 is 0 Å². The lowest BCUT2D eigenvalue weighted by atomic mass is 9.91. The van der Waals surface area contributed by atoms with Gasteiger partial charge in [0.15, 0.2) is 0 Å². The van der Waals surface area contributed by atoms with Crippen molar-refractivity contribution >= 4 is 53.3 Å². The number of rotatable bonds is 23. The monoisotopic (exact) mass is 1210 g/mol. The highest BCUT2D eigenvalue weighted by molar-refractivity contribution is 5.98. The molecule has 3 fully saturated rings. The number of unbranched alkanes of at least 4 members (excludes halogenated alkanes) is 5. The van der Waals surface area contributed by atoms with E-state index < -0.39 is 158 Å². The van der Waals surface area contributed by atoms with Gasteiger partial charge in [-0.15, -0.1) is 0 Å². The van der Waals surface area contributed by atoms with Gasteiger partial charge < -0.3 is 98.9 Å². The number of nitrogens with one attached hydrogen (secondary N) is 6. The molecule has 3 saturated heterocycles. The van der Waals surface area contributed by atoms with Crippen LogP contribution in [0.5, 0.6) is 5.75 Å². The van der Waals surface area contributed by atoms with Crippen molar-refractivity contribution in [2.24, 2.45) is 23.3 Å². The molecule has 0 aliphatic carbocycles. The highest BCUT2D eigenvalue weighted by Gasteiger charge is 2.49. The number of aliphatic hydroxyl groups is 7. The number of nitrogens with zero attached hydrogens (tertiary/aromatic N) is 2. The zero-order valence-corrected chi connectivity index (χ0v) is 49.7. The second kappa shape index (κ2) is 38.1. The summed E-state index contributed by atoms with van der Waals surface area (Å²) in [6, 6.07) is -6.40. The number of carboxylic acid groups (broad SMARTS) is 2. The van der Waals surface area contributed by atoms with Gasteiger partial charge in [-0.05, 0) is 68.7 Å². The summed E-state index contributed by atoms with van der Waals surface area (Å²) >= 11 is 0. The molecule has 29 heteroatoms. The molecule has 29 nitrogen and oxygen atoms in total. The molecule has 16 atom stereocenters. The minimum Gasteiger partial charge on any atom is -0.508 e. The molecule has 0 radical (unpaired) electrons. The lowest BCUT2D eigenvalue weighted by Crippen LogP contribution is -2.65. The number of aliphatic hydroxyl groups excluding tert-OH is 7. The molecule has 1 aromatic rings. The number of aromatic hydroxyl groups is 1. The van der Waals surface area contributed by atoms with Crippen LogP contribution < -0.4 is 43.4 Å². The minimum absolute atomic E-state index is 0.0257. The van der Waals surface area contributed by atoms with Crippen LogP contribution in [0, 0.1) is 11.8 Å². The van der Waals surface area contributed by atoms with Crippen LogP contribution in [0.2, 0.25) is 0 Å². The Morgan fingerprint density at radius 1 is 0.682 bits per heavy atom. The Morgan fingerprint density at radius 3 is 1.82 bits per heavy atom. The van der Waals surface area contributed by atoms with E-state index in [2.05, 4.69) is 52.7 Å². The number of carbonyl (C=O) groups is 9. The summed E-state index contributed by atoms with van der Waals surface area (Å²) in [5.41, 5.74) is 11.5. The maximum absolute atomic E-state index is 14.6. The van der Waals surface area contributed by atoms with E-state index in [-0.39, 0.29) is 56.8 Å². The summed E-state index contributed by atoms with van der Waals surface area (Å²) in [6.07, 6.45) is -6.95. The molecule has 0 bridgehead atoms. The average molecular weight is 1210 g/mol. The molecule has 3 aliphatic heterocycles. The van der Waals surface area contributed by atoms with Crippen LogP contribution >= 0.6 is 0 Å². The first-order chi connectivity index (χ1) is 40.0. The van der Waals surface area contributed by atoms with Gasteiger partial charge in [0.1, 0.15) is 60.4 Å². The molecule has 20 N–H and O–H groups in total. The van der Waals surface area contributed by atoms with Crippen molar-refractivity contribution in [3.05, 3.63) is 29.8 Å². The van der Waals surface area contributed by atoms with Crippen molar-refractivity contribution in [1.82, 2.24) is 41.7 Å². The third-order valence-electron chi connectivity index (χ3n) is 14.9. The van der Waals surface area contributed by atoms with Crippen molar-refractivity contribution in [1.29, 1.82) is 0 Å². The Kier molecular flexibility index (Phi) is 33.6. The topological polar surface area (TPSA) is 487 Å². The number of hydrogen-bond acceptors (Lipinski definition) is 20. The molecule has 3 heterocycles. The number of fused-ring (bicyclic) bond motifs is 2. The summed E-state index contributed by atoms with van der Waals surface area (Å²) < 4.78 is 0. The van der Waals surface area contributed by atoms with E-state index in [1.807, 2.05) is 0 Å². The first kappa shape index (κ1) is 74.9. The Balaban J connectivity index is 0.00000289. The van der Waals surface area contributed by atoms with E-state index in [4.69, 9.17) is 31.3 Å². The van der Waals surface area contributed by atoms with Crippen molar-refractivity contribution < 1.29 is 94.2 Å². The molecule has 484 valence electrons. The number of nitrogens with two attached hydrogens (primary N) is 2. The minimum atomic E-state index is -2.28. The fourth-order valence-electron chi connectivity index (χ4n) is 10.2. The van der Waals surface area contributed by atoms with Crippen LogP contribution in [0.15, 0.2) is 24.3 Å². The van der Waals surface area contributed by atoms with E-state index >= 15 is 0 Å². The Hall–Kier alpha value is -6.15.